The van der Waals surface area contributed by atoms with E-state index in [9.17, 15) is 4.79 Å². The van der Waals surface area contributed by atoms with Gasteiger partial charge in [0.1, 0.15) is 5.75 Å². The third-order valence-electron chi connectivity index (χ3n) is 3.38. The van der Waals surface area contributed by atoms with Crippen molar-refractivity contribution < 1.29 is 9.53 Å². The van der Waals surface area contributed by atoms with Gasteiger partial charge < -0.3 is 15.8 Å². The Kier molecular flexibility index (Phi) is 5.04. The van der Waals surface area contributed by atoms with Crippen LogP contribution in [0.1, 0.15) is 32.3 Å². The summed E-state index contributed by atoms with van der Waals surface area (Å²) in [4.78, 5) is 12.1. The van der Waals surface area contributed by atoms with Gasteiger partial charge in [-0.2, -0.15) is 0 Å². The predicted molar refractivity (Wildman–Crippen MR) is 90.1 cm³/mol. The first-order valence-electron chi connectivity index (χ1n) is 7.38. The Morgan fingerprint density at radius 2 is 1.77 bits per heavy atom. The average Bonchev–Trinajstić information content (AvgIpc) is 2.47. The fourth-order valence-corrected chi connectivity index (χ4v) is 2.05. The van der Waals surface area contributed by atoms with Crippen molar-refractivity contribution >= 4 is 17.3 Å². The number of hydrogen-bond acceptors (Lipinski definition) is 3. The molecule has 4 heteroatoms. The van der Waals surface area contributed by atoms with Gasteiger partial charge >= 0.3 is 0 Å². The van der Waals surface area contributed by atoms with Gasteiger partial charge in [0.05, 0.1) is 0 Å². The largest absolute Gasteiger partial charge is 0.481 e. The molecule has 0 spiro atoms. The number of carbonyl (C=O) groups excluding carboxylic acids is 1. The lowest BCUT2D eigenvalue weighted by molar-refractivity contribution is -0.122. The Hall–Kier alpha value is -2.49. The molecule has 0 aliphatic heterocycles. The van der Waals surface area contributed by atoms with E-state index in [1.807, 2.05) is 24.3 Å². The summed E-state index contributed by atoms with van der Waals surface area (Å²) in [6.45, 7) is 5.99. The highest BCUT2D eigenvalue weighted by atomic mass is 16.5. The Morgan fingerprint density at radius 3 is 2.36 bits per heavy atom. The first-order valence-corrected chi connectivity index (χ1v) is 7.38. The molecule has 22 heavy (non-hydrogen) atoms. The van der Waals surface area contributed by atoms with Crippen LogP contribution in [-0.4, -0.2) is 12.0 Å². The van der Waals surface area contributed by atoms with E-state index in [0.29, 0.717) is 23.0 Å². The van der Waals surface area contributed by atoms with Crippen molar-refractivity contribution in [2.24, 2.45) is 0 Å². The second-order valence-corrected chi connectivity index (χ2v) is 5.60. The molecule has 0 saturated carbocycles. The number of carbonyl (C=O) groups is 1. The number of nitrogens with two attached hydrogens (primary N) is 1. The van der Waals surface area contributed by atoms with Crippen molar-refractivity contribution in [2.75, 3.05) is 11.1 Å². The summed E-state index contributed by atoms with van der Waals surface area (Å²) in [5.74, 6) is 0.941. The summed E-state index contributed by atoms with van der Waals surface area (Å²) in [5, 5.41) is 2.79. The molecule has 0 aliphatic carbocycles. The molecule has 2 aromatic rings. The first-order chi connectivity index (χ1) is 10.5. The quantitative estimate of drug-likeness (QED) is 0.825. The number of hydrogen-bond donors (Lipinski definition) is 2. The van der Waals surface area contributed by atoms with Gasteiger partial charge in [0.15, 0.2) is 6.10 Å². The molecule has 2 aromatic carbocycles. The minimum atomic E-state index is -0.591. The Bertz CT molecular complexity index is 636. The number of nitrogen functional groups attached to an aromatic ring is 1. The van der Waals surface area contributed by atoms with E-state index in [0.717, 1.165) is 0 Å². The van der Waals surface area contributed by atoms with Crippen molar-refractivity contribution in [1.29, 1.82) is 0 Å². The van der Waals surface area contributed by atoms with Crippen molar-refractivity contribution in [3.63, 3.8) is 0 Å². The molecule has 0 radical (unpaired) electrons. The zero-order valence-corrected chi connectivity index (χ0v) is 13.2. The number of nitrogens with one attached hydrogen (secondary N) is 1. The van der Waals surface area contributed by atoms with Crippen LogP contribution in [-0.2, 0) is 4.79 Å². The SMILES string of the molecule is CC(Oc1ccc(C(C)C)cc1)C(=O)Nc1cccc(N)c1. The highest BCUT2D eigenvalue weighted by Gasteiger charge is 2.15. The van der Waals surface area contributed by atoms with E-state index < -0.39 is 6.10 Å². The number of amides is 1. The van der Waals surface area contributed by atoms with E-state index in [1.165, 1.54) is 5.56 Å². The van der Waals surface area contributed by atoms with Crippen LogP contribution in [0.2, 0.25) is 0 Å². The van der Waals surface area contributed by atoms with E-state index in [4.69, 9.17) is 10.5 Å². The van der Waals surface area contributed by atoms with Crippen LogP contribution >= 0.6 is 0 Å². The van der Waals surface area contributed by atoms with E-state index in [-0.39, 0.29) is 5.91 Å². The summed E-state index contributed by atoms with van der Waals surface area (Å²) >= 11 is 0. The summed E-state index contributed by atoms with van der Waals surface area (Å²) in [5.41, 5.74) is 8.20. The highest BCUT2D eigenvalue weighted by molar-refractivity contribution is 5.94. The van der Waals surface area contributed by atoms with Crippen LogP contribution in [0.3, 0.4) is 0 Å². The number of rotatable bonds is 5. The van der Waals surface area contributed by atoms with Crippen molar-refractivity contribution in [2.45, 2.75) is 32.8 Å². The van der Waals surface area contributed by atoms with Gasteiger partial charge in [-0.05, 0) is 48.7 Å². The molecule has 1 unspecified atom stereocenters. The minimum absolute atomic E-state index is 0.210. The molecule has 1 amide bonds. The maximum atomic E-state index is 12.1. The predicted octanol–water partition coefficient (Wildman–Crippen LogP) is 3.80. The van der Waals surface area contributed by atoms with Gasteiger partial charge in [-0.25, -0.2) is 0 Å². The lowest BCUT2D eigenvalue weighted by Crippen LogP contribution is -2.30. The Balaban J connectivity index is 1.96. The topological polar surface area (TPSA) is 64.3 Å². The van der Waals surface area contributed by atoms with E-state index >= 15 is 0 Å². The molecule has 2 rings (SSSR count). The second kappa shape index (κ2) is 6.98. The van der Waals surface area contributed by atoms with Crippen molar-refractivity contribution in [3.05, 3.63) is 54.1 Å². The molecule has 0 aliphatic rings. The van der Waals surface area contributed by atoms with Crippen LogP contribution < -0.4 is 15.8 Å². The van der Waals surface area contributed by atoms with E-state index in [1.54, 1.807) is 31.2 Å². The summed E-state index contributed by atoms with van der Waals surface area (Å²) < 4.78 is 5.67. The third kappa shape index (κ3) is 4.25. The lowest BCUT2D eigenvalue weighted by atomic mass is 10.0. The fourth-order valence-electron chi connectivity index (χ4n) is 2.05. The number of ether oxygens (including phenoxy) is 1. The average molecular weight is 298 g/mol. The van der Waals surface area contributed by atoms with Crippen molar-refractivity contribution in [1.82, 2.24) is 0 Å². The maximum Gasteiger partial charge on any atom is 0.265 e. The molecule has 0 aromatic heterocycles. The van der Waals surface area contributed by atoms with Gasteiger partial charge in [0, 0.05) is 11.4 Å². The normalized spacial score (nSPS) is 12.0. The summed E-state index contributed by atoms with van der Waals surface area (Å²) in [7, 11) is 0. The van der Waals surface area contributed by atoms with Crippen LogP contribution in [0.4, 0.5) is 11.4 Å². The number of anilines is 2. The molecular formula is C18H22N2O2. The van der Waals surface area contributed by atoms with Gasteiger partial charge in [-0.3, -0.25) is 4.79 Å². The summed E-state index contributed by atoms with van der Waals surface area (Å²) in [6, 6.07) is 14.9. The maximum absolute atomic E-state index is 12.1. The molecule has 1 atom stereocenters. The third-order valence-corrected chi connectivity index (χ3v) is 3.38. The fraction of sp³-hybridized carbons (Fsp3) is 0.278. The van der Waals surface area contributed by atoms with Crippen molar-refractivity contribution in [3.8, 4) is 5.75 Å². The van der Waals surface area contributed by atoms with E-state index in [2.05, 4.69) is 19.2 Å². The second-order valence-electron chi connectivity index (χ2n) is 5.60. The molecule has 0 heterocycles. The Morgan fingerprint density at radius 1 is 1.09 bits per heavy atom. The molecule has 4 nitrogen and oxygen atoms in total. The monoisotopic (exact) mass is 298 g/mol. The Labute approximate surface area is 131 Å². The smallest absolute Gasteiger partial charge is 0.265 e. The highest BCUT2D eigenvalue weighted by Crippen LogP contribution is 2.20. The molecule has 0 saturated heterocycles. The summed E-state index contributed by atoms with van der Waals surface area (Å²) in [6.07, 6.45) is -0.591. The van der Waals surface area contributed by atoms with Crippen LogP contribution in [0.5, 0.6) is 5.75 Å². The molecule has 0 fully saturated rings. The zero-order valence-electron chi connectivity index (χ0n) is 13.2. The lowest BCUT2D eigenvalue weighted by Gasteiger charge is -2.15. The molecular weight excluding hydrogens is 276 g/mol. The van der Waals surface area contributed by atoms with Gasteiger partial charge in [0.25, 0.3) is 5.91 Å². The van der Waals surface area contributed by atoms with Gasteiger partial charge in [-0.1, -0.05) is 32.0 Å². The van der Waals surface area contributed by atoms with Gasteiger partial charge in [0.2, 0.25) is 0 Å². The first kappa shape index (κ1) is 15.9. The zero-order chi connectivity index (χ0) is 16.1. The van der Waals surface area contributed by atoms with Gasteiger partial charge in [-0.15, -0.1) is 0 Å². The van der Waals surface area contributed by atoms with Crippen LogP contribution in [0, 0.1) is 0 Å². The molecule has 0 bridgehead atoms. The minimum Gasteiger partial charge on any atom is -0.481 e. The standard InChI is InChI=1S/C18H22N2O2/c1-12(2)14-7-9-17(10-8-14)22-13(3)18(21)20-16-6-4-5-15(19)11-16/h4-13H,19H2,1-3H3,(H,20,21). The van der Waals surface area contributed by atoms with Crippen LogP contribution in [0.25, 0.3) is 0 Å². The number of benzene rings is 2. The van der Waals surface area contributed by atoms with Crippen LogP contribution in [0.15, 0.2) is 48.5 Å². The molecule has 3 N–H and O–H groups in total. The molecule has 116 valence electrons.